The summed E-state index contributed by atoms with van der Waals surface area (Å²) in [6.45, 7) is -0.673. The van der Waals surface area contributed by atoms with Crippen LogP contribution in [0.1, 0.15) is 36.0 Å². The third kappa shape index (κ3) is 3.76. The van der Waals surface area contributed by atoms with Gasteiger partial charge in [0.25, 0.3) is 0 Å². The normalized spacial score (nSPS) is 24.2. The second kappa shape index (κ2) is 8.64. The topological polar surface area (TPSA) is 78.2 Å². The summed E-state index contributed by atoms with van der Waals surface area (Å²) in [6, 6.07) is 7.04. The van der Waals surface area contributed by atoms with E-state index in [-0.39, 0.29) is 54.3 Å². The molecule has 0 bridgehead atoms. The Hall–Kier alpha value is -3.21. The van der Waals surface area contributed by atoms with Crippen molar-refractivity contribution in [1.82, 2.24) is 4.90 Å². The molecule has 0 spiro atoms. The van der Waals surface area contributed by atoms with Gasteiger partial charge in [0.1, 0.15) is 16.0 Å². The van der Waals surface area contributed by atoms with E-state index in [0.717, 1.165) is 30.3 Å². The molecule has 1 saturated carbocycles. The van der Waals surface area contributed by atoms with Crippen LogP contribution in [0.25, 0.3) is 0 Å². The zero-order chi connectivity index (χ0) is 29.5. The van der Waals surface area contributed by atoms with Crippen LogP contribution in [0.2, 0.25) is 0 Å². The molecule has 1 saturated heterocycles. The largest absolute Gasteiger partial charge is 0.435 e. The van der Waals surface area contributed by atoms with Crippen molar-refractivity contribution in [3.05, 3.63) is 65.0 Å². The molecular formula is C26H20F8N2O3S. The zero-order valence-corrected chi connectivity index (χ0v) is 21.2. The maximum absolute atomic E-state index is 14.9. The molecule has 2 atom stereocenters. The lowest BCUT2D eigenvalue weighted by molar-refractivity contribution is -0.348. The van der Waals surface area contributed by atoms with Crippen LogP contribution in [-0.4, -0.2) is 44.7 Å². The number of hydrogen-bond donors (Lipinski definition) is 0. The van der Waals surface area contributed by atoms with E-state index >= 15 is 0 Å². The lowest BCUT2D eigenvalue weighted by Crippen LogP contribution is -2.51. The maximum Gasteiger partial charge on any atom is 0.435 e. The molecule has 5 rings (SSSR count). The molecule has 2 fully saturated rings. The van der Waals surface area contributed by atoms with Crippen LogP contribution in [0.4, 0.5) is 35.1 Å². The van der Waals surface area contributed by atoms with Crippen molar-refractivity contribution in [2.45, 2.75) is 53.3 Å². The number of sulfone groups is 1. The zero-order valence-electron chi connectivity index (χ0n) is 20.4. The number of fused-ring (bicyclic) bond motifs is 3. The van der Waals surface area contributed by atoms with Crippen molar-refractivity contribution in [2.75, 3.05) is 13.1 Å². The van der Waals surface area contributed by atoms with Crippen molar-refractivity contribution < 1.29 is 48.3 Å². The summed E-state index contributed by atoms with van der Waals surface area (Å²) < 4.78 is 136. The average Bonchev–Trinajstić information content (AvgIpc) is 3.57. The molecule has 0 N–H and O–H groups in total. The summed E-state index contributed by atoms with van der Waals surface area (Å²) in [5, 5.41) is 9.50. The number of aryl methyl sites for hydroxylation is 1. The predicted octanol–water partition coefficient (Wildman–Crippen LogP) is 5.49. The van der Waals surface area contributed by atoms with Crippen LogP contribution in [0.3, 0.4) is 0 Å². The van der Waals surface area contributed by atoms with Gasteiger partial charge in [0.15, 0.2) is 9.84 Å². The van der Waals surface area contributed by atoms with E-state index in [0.29, 0.717) is 6.07 Å². The fourth-order valence-electron chi connectivity index (χ4n) is 5.99. The number of alkyl halides is 7. The Balaban J connectivity index is 1.70. The standard InChI is InChI=1S/C26H20F8N2O3S/c27-18-4-6-19(7-5-18)40(38,39)23-14-36(21(37)22(13-35)9-10-22)12-17(23)2-1-15-11-16(3-8-20(15)23)24(28,25(29,30)31)26(32,33)34/h3-8,11,17H,1-2,9-10,12,14H2. The third-order valence-electron chi connectivity index (χ3n) is 8.29. The minimum atomic E-state index is -6.36. The Morgan fingerprint density at radius 1 is 0.975 bits per heavy atom. The Morgan fingerprint density at radius 2 is 1.57 bits per heavy atom. The Labute approximate surface area is 223 Å². The minimum absolute atomic E-state index is 0.0719. The van der Waals surface area contributed by atoms with Crippen molar-refractivity contribution in [3.63, 3.8) is 0 Å². The number of carbonyl (C=O) groups excluding carboxylic acids is 1. The van der Waals surface area contributed by atoms with Gasteiger partial charge in [-0.05, 0) is 61.1 Å². The highest BCUT2D eigenvalue weighted by Gasteiger charge is 2.74. The van der Waals surface area contributed by atoms with Crippen molar-refractivity contribution in [2.24, 2.45) is 11.3 Å². The summed E-state index contributed by atoms with van der Waals surface area (Å²) in [6.07, 6.45) is -12.5. The van der Waals surface area contributed by atoms with E-state index in [2.05, 4.69) is 0 Å². The van der Waals surface area contributed by atoms with Crippen LogP contribution >= 0.6 is 0 Å². The van der Waals surface area contributed by atoms with E-state index in [1.807, 2.05) is 6.07 Å². The highest BCUT2D eigenvalue weighted by molar-refractivity contribution is 7.92. The number of hydrogen-bond acceptors (Lipinski definition) is 4. The molecule has 0 aromatic heterocycles. The second-order valence-electron chi connectivity index (χ2n) is 10.5. The molecule has 14 heteroatoms. The SMILES string of the molecule is N#CC1(C(=O)N2CC3CCc4cc(C(F)(C(F)(F)F)C(F)(F)F)ccc4C3(S(=O)(=O)c3ccc(F)cc3)C2)CC1. The molecule has 0 radical (unpaired) electrons. The van der Waals surface area contributed by atoms with E-state index in [9.17, 15) is 53.6 Å². The van der Waals surface area contributed by atoms with Gasteiger partial charge in [-0.2, -0.15) is 31.6 Å². The van der Waals surface area contributed by atoms with Crippen LogP contribution in [0, 0.1) is 28.5 Å². The molecule has 1 heterocycles. The fourth-order valence-corrected chi connectivity index (χ4v) is 8.36. The molecule has 1 amide bonds. The van der Waals surface area contributed by atoms with Gasteiger partial charge in [-0.1, -0.05) is 18.2 Å². The van der Waals surface area contributed by atoms with Gasteiger partial charge in [-0.3, -0.25) is 4.79 Å². The number of likely N-dealkylation sites (tertiary alicyclic amines) is 1. The lowest BCUT2D eigenvalue weighted by atomic mass is 9.75. The van der Waals surface area contributed by atoms with E-state index in [1.165, 1.54) is 4.90 Å². The van der Waals surface area contributed by atoms with E-state index < -0.39 is 67.8 Å². The van der Waals surface area contributed by atoms with Gasteiger partial charge in [0, 0.05) is 24.6 Å². The summed E-state index contributed by atoms with van der Waals surface area (Å²) in [4.78, 5) is 14.0. The molecule has 3 aliphatic rings. The van der Waals surface area contributed by atoms with E-state index in [1.54, 1.807) is 0 Å². The van der Waals surface area contributed by atoms with Gasteiger partial charge < -0.3 is 4.90 Å². The summed E-state index contributed by atoms with van der Waals surface area (Å²) in [5.41, 5.74) is -9.19. The van der Waals surface area contributed by atoms with Gasteiger partial charge in [0.05, 0.1) is 11.0 Å². The monoisotopic (exact) mass is 592 g/mol. The first kappa shape index (κ1) is 28.3. The molecule has 1 aliphatic heterocycles. The smallest absolute Gasteiger partial charge is 0.339 e. The van der Waals surface area contributed by atoms with Crippen LogP contribution in [-0.2, 0) is 31.5 Å². The van der Waals surface area contributed by atoms with Gasteiger partial charge in [-0.15, -0.1) is 0 Å². The first-order valence-electron chi connectivity index (χ1n) is 12.1. The van der Waals surface area contributed by atoms with Crippen LogP contribution in [0.5, 0.6) is 0 Å². The number of amides is 1. The lowest BCUT2D eigenvalue weighted by Gasteiger charge is -2.40. The Kier molecular flexibility index (Phi) is 6.12. The first-order valence-corrected chi connectivity index (χ1v) is 13.6. The highest BCUT2D eigenvalue weighted by Crippen LogP contribution is 2.57. The summed E-state index contributed by atoms with van der Waals surface area (Å²) in [5.74, 6) is -2.24. The number of nitrogens with zero attached hydrogens (tertiary/aromatic N) is 2. The quantitative estimate of drug-likeness (QED) is 0.348. The highest BCUT2D eigenvalue weighted by atomic mass is 32.2. The van der Waals surface area contributed by atoms with E-state index in [4.69, 9.17) is 0 Å². The van der Waals surface area contributed by atoms with Gasteiger partial charge in [0.2, 0.25) is 5.91 Å². The molecule has 2 aromatic rings. The number of benzene rings is 2. The molecule has 2 aliphatic carbocycles. The number of nitriles is 1. The summed E-state index contributed by atoms with van der Waals surface area (Å²) in [7, 11) is -4.58. The minimum Gasteiger partial charge on any atom is -0.339 e. The molecule has 2 unspecified atom stereocenters. The Morgan fingerprint density at radius 3 is 2.10 bits per heavy atom. The predicted molar refractivity (Wildman–Crippen MR) is 122 cm³/mol. The van der Waals surface area contributed by atoms with Crippen molar-refractivity contribution >= 4 is 15.7 Å². The number of halogens is 8. The van der Waals surface area contributed by atoms with Gasteiger partial charge >= 0.3 is 18.0 Å². The van der Waals surface area contributed by atoms with Crippen molar-refractivity contribution in [1.29, 1.82) is 5.26 Å². The number of carbonyl (C=O) groups is 1. The van der Waals surface area contributed by atoms with Crippen LogP contribution < -0.4 is 0 Å². The second-order valence-corrected chi connectivity index (χ2v) is 12.7. The van der Waals surface area contributed by atoms with Gasteiger partial charge in [-0.25, -0.2) is 17.2 Å². The molecule has 5 nitrogen and oxygen atoms in total. The summed E-state index contributed by atoms with van der Waals surface area (Å²) >= 11 is 0. The average molecular weight is 593 g/mol. The molecule has 2 aromatic carbocycles. The fraction of sp³-hybridized carbons (Fsp3) is 0.462. The van der Waals surface area contributed by atoms with Crippen LogP contribution in [0.15, 0.2) is 47.4 Å². The molecular weight excluding hydrogens is 572 g/mol. The number of rotatable bonds is 4. The Bertz CT molecular complexity index is 1510. The molecule has 40 heavy (non-hydrogen) atoms. The first-order chi connectivity index (χ1) is 18.4. The third-order valence-corrected chi connectivity index (χ3v) is 10.8. The molecule has 214 valence electrons. The maximum atomic E-state index is 14.9. The van der Waals surface area contributed by atoms with Crippen molar-refractivity contribution in [3.8, 4) is 6.07 Å².